The van der Waals surface area contributed by atoms with E-state index in [0.29, 0.717) is 17.6 Å². The molecule has 1 amide bonds. The van der Waals surface area contributed by atoms with Gasteiger partial charge in [-0.2, -0.15) is 0 Å². The van der Waals surface area contributed by atoms with Crippen LogP contribution in [0.25, 0.3) is 5.69 Å². The summed E-state index contributed by atoms with van der Waals surface area (Å²) in [5, 5.41) is 12.5. The number of hydrogen-bond acceptors (Lipinski definition) is 4. The monoisotopic (exact) mass is 344 g/mol. The number of benzene rings is 1. The van der Waals surface area contributed by atoms with Crippen molar-refractivity contribution in [3.8, 4) is 5.69 Å². The van der Waals surface area contributed by atoms with Gasteiger partial charge in [-0.05, 0) is 37.8 Å². The molecule has 3 rings (SSSR count). The Balaban J connectivity index is 1.73. The number of amides is 1. The van der Waals surface area contributed by atoms with Crippen molar-refractivity contribution >= 4 is 17.7 Å². The third-order valence-corrected chi connectivity index (χ3v) is 5.27. The molecule has 0 aliphatic heterocycles. The largest absolute Gasteiger partial charge is 0.353 e. The van der Waals surface area contributed by atoms with Gasteiger partial charge in [-0.15, -0.1) is 10.2 Å². The van der Waals surface area contributed by atoms with E-state index in [1.165, 1.54) is 24.6 Å². The molecule has 1 saturated carbocycles. The summed E-state index contributed by atoms with van der Waals surface area (Å²) in [5.74, 6) is 2.33. The molecule has 2 aromatic rings. The minimum absolute atomic E-state index is 0.0387. The van der Waals surface area contributed by atoms with Crippen molar-refractivity contribution in [2.75, 3.05) is 5.75 Å². The van der Waals surface area contributed by atoms with Gasteiger partial charge in [0.2, 0.25) is 5.91 Å². The first-order valence-corrected chi connectivity index (χ1v) is 9.47. The molecule has 0 spiro atoms. The predicted molar refractivity (Wildman–Crippen MR) is 96.5 cm³/mol. The molecule has 1 aliphatic rings. The summed E-state index contributed by atoms with van der Waals surface area (Å²) >= 11 is 1.45. The Kier molecular flexibility index (Phi) is 5.23. The normalized spacial score (nSPS) is 15.5. The first-order chi connectivity index (χ1) is 11.6. The van der Waals surface area contributed by atoms with E-state index in [2.05, 4.69) is 46.1 Å². The summed E-state index contributed by atoms with van der Waals surface area (Å²) in [7, 11) is 0. The predicted octanol–water partition coefficient (Wildman–Crippen LogP) is 3.40. The number of hydrogen-bond donors (Lipinski definition) is 1. The SMILES string of the molecule is CC(C)[C@@H](C)NC(=O)CSc1nnc(C2CC2)n1-c1ccccc1. The van der Waals surface area contributed by atoms with Crippen molar-refractivity contribution in [3.63, 3.8) is 0 Å². The number of nitrogens with zero attached hydrogens (tertiary/aromatic N) is 3. The molecule has 1 N–H and O–H groups in total. The number of carbonyl (C=O) groups is 1. The van der Waals surface area contributed by atoms with Gasteiger partial charge in [-0.1, -0.05) is 43.8 Å². The van der Waals surface area contributed by atoms with E-state index >= 15 is 0 Å². The van der Waals surface area contributed by atoms with Gasteiger partial charge < -0.3 is 5.32 Å². The van der Waals surface area contributed by atoms with Crippen LogP contribution in [0.3, 0.4) is 0 Å². The first kappa shape index (κ1) is 17.0. The van der Waals surface area contributed by atoms with Crippen LogP contribution in [-0.4, -0.2) is 32.5 Å². The lowest BCUT2D eigenvalue weighted by Crippen LogP contribution is -2.37. The summed E-state index contributed by atoms with van der Waals surface area (Å²) in [6, 6.07) is 10.3. The number of rotatable bonds is 7. The van der Waals surface area contributed by atoms with E-state index in [-0.39, 0.29) is 11.9 Å². The maximum Gasteiger partial charge on any atom is 0.230 e. The summed E-state index contributed by atoms with van der Waals surface area (Å²) in [6.45, 7) is 6.24. The fraction of sp³-hybridized carbons (Fsp3) is 0.500. The number of para-hydroxylation sites is 1. The van der Waals surface area contributed by atoms with Crippen molar-refractivity contribution in [2.24, 2.45) is 5.92 Å². The number of carbonyl (C=O) groups excluding carboxylic acids is 1. The molecule has 24 heavy (non-hydrogen) atoms. The molecule has 0 saturated heterocycles. The van der Waals surface area contributed by atoms with Crippen LogP contribution in [0.2, 0.25) is 0 Å². The Morgan fingerprint density at radius 1 is 1.25 bits per heavy atom. The lowest BCUT2D eigenvalue weighted by molar-refractivity contribution is -0.119. The maximum absolute atomic E-state index is 12.1. The van der Waals surface area contributed by atoms with Crippen molar-refractivity contribution in [2.45, 2.75) is 50.7 Å². The van der Waals surface area contributed by atoms with E-state index in [0.717, 1.165) is 16.7 Å². The molecular formula is C18H24N4OS. The van der Waals surface area contributed by atoms with E-state index in [1.54, 1.807) is 0 Å². The summed E-state index contributed by atoms with van der Waals surface area (Å²) < 4.78 is 2.10. The Labute approximate surface area is 147 Å². The number of nitrogens with one attached hydrogen (secondary N) is 1. The average molecular weight is 344 g/mol. The number of thioether (sulfide) groups is 1. The Bertz CT molecular complexity index is 694. The van der Waals surface area contributed by atoms with Crippen LogP contribution < -0.4 is 5.32 Å². The molecule has 1 aromatic carbocycles. The highest BCUT2D eigenvalue weighted by atomic mass is 32.2. The third kappa shape index (κ3) is 3.98. The summed E-state index contributed by atoms with van der Waals surface area (Å²) in [6.07, 6.45) is 2.34. The van der Waals surface area contributed by atoms with Gasteiger partial charge in [0.25, 0.3) is 0 Å². The molecule has 1 fully saturated rings. The maximum atomic E-state index is 12.1. The topological polar surface area (TPSA) is 59.8 Å². The zero-order valence-electron chi connectivity index (χ0n) is 14.4. The van der Waals surface area contributed by atoms with Gasteiger partial charge >= 0.3 is 0 Å². The van der Waals surface area contributed by atoms with Crippen molar-refractivity contribution in [3.05, 3.63) is 36.2 Å². The Morgan fingerprint density at radius 3 is 2.58 bits per heavy atom. The van der Waals surface area contributed by atoms with Crippen molar-refractivity contribution in [1.29, 1.82) is 0 Å². The molecule has 0 radical (unpaired) electrons. The van der Waals surface area contributed by atoms with Crippen LogP contribution in [0.15, 0.2) is 35.5 Å². The van der Waals surface area contributed by atoms with Gasteiger partial charge in [0, 0.05) is 17.6 Å². The lowest BCUT2D eigenvalue weighted by Gasteiger charge is -2.17. The highest BCUT2D eigenvalue weighted by Gasteiger charge is 2.31. The van der Waals surface area contributed by atoms with Crippen molar-refractivity contribution < 1.29 is 4.79 Å². The molecule has 6 heteroatoms. The van der Waals surface area contributed by atoms with Crippen LogP contribution in [0.4, 0.5) is 0 Å². The smallest absolute Gasteiger partial charge is 0.230 e. The molecule has 0 unspecified atom stereocenters. The van der Waals surface area contributed by atoms with Crippen LogP contribution in [0.1, 0.15) is 45.4 Å². The standard InChI is InChI=1S/C18H24N4OS/c1-12(2)13(3)19-16(23)11-24-18-21-20-17(14-9-10-14)22(18)15-7-5-4-6-8-15/h4-8,12-14H,9-11H2,1-3H3,(H,19,23)/t13-/m1/s1. The zero-order valence-corrected chi connectivity index (χ0v) is 15.2. The van der Waals surface area contributed by atoms with E-state index in [1.807, 2.05) is 25.1 Å². The number of aromatic nitrogens is 3. The minimum atomic E-state index is 0.0387. The highest BCUT2D eigenvalue weighted by Crippen LogP contribution is 2.41. The van der Waals surface area contributed by atoms with Gasteiger partial charge in [0.05, 0.1) is 5.75 Å². The average Bonchev–Trinajstić information content (AvgIpc) is 3.33. The second-order valence-corrected chi connectivity index (χ2v) is 7.62. The first-order valence-electron chi connectivity index (χ1n) is 8.49. The highest BCUT2D eigenvalue weighted by molar-refractivity contribution is 7.99. The van der Waals surface area contributed by atoms with Gasteiger partial charge in [0.15, 0.2) is 5.16 Å². The lowest BCUT2D eigenvalue weighted by atomic mass is 10.1. The van der Waals surface area contributed by atoms with Crippen molar-refractivity contribution in [1.82, 2.24) is 20.1 Å². The summed E-state index contributed by atoms with van der Waals surface area (Å²) in [5.41, 5.74) is 1.06. The fourth-order valence-electron chi connectivity index (χ4n) is 2.39. The van der Waals surface area contributed by atoms with Crippen LogP contribution in [0.5, 0.6) is 0 Å². The van der Waals surface area contributed by atoms with E-state index < -0.39 is 0 Å². The Morgan fingerprint density at radius 2 is 1.96 bits per heavy atom. The Hall–Kier alpha value is -1.82. The molecule has 1 aliphatic carbocycles. The van der Waals surface area contributed by atoms with E-state index in [9.17, 15) is 4.79 Å². The summed E-state index contributed by atoms with van der Waals surface area (Å²) in [4.78, 5) is 12.1. The molecule has 1 aromatic heterocycles. The molecule has 0 bridgehead atoms. The molecule has 1 heterocycles. The molecular weight excluding hydrogens is 320 g/mol. The van der Waals surface area contributed by atoms with Crippen LogP contribution in [-0.2, 0) is 4.79 Å². The second kappa shape index (κ2) is 7.38. The minimum Gasteiger partial charge on any atom is -0.353 e. The molecule has 5 nitrogen and oxygen atoms in total. The second-order valence-electron chi connectivity index (χ2n) is 6.67. The fourth-order valence-corrected chi connectivity index (χ4v) is 3.16. The third-order valence-electron chi connectivity index (χ3n) is 4.34. The molecule has 128 valence electrons. The van der Waals surface area contributed by atoms with Gasteiger partial charge in [-0.25, -0.2) is 0 Å². The van der Waals surface area contributed by atoms with Crippen LogP contribution >= 0.6 is 11.8 Å². The van der Waals surface area contributed by atoms with Gasteiger partial charge in [0.1, 0.15) is 5.82 Å². The van der Waals surface area contributed by atoms with Gasteiger partial charge in [-0.3, -0.25) is 9.36 Å². The quantitative estimate of drug-likeness (QED) is 0.782. The molecule has 1 atom stereocenters. The zero-order chi connectivity index (χ0) is 17.1. The van der Waals surface area contributed by atoms with E-state index in [4.69, 9.17) is 0 Å². The van der Waals surface area contributed by atoms with Crippen LogP contribution in [0, 0.1) is 5.92 Å².